The number of phenolic OH excluding ortho intramolecular Hbond substituents is 1. The van der Waals surface area contributed by atoms with Gasteiger partial charge in [-0.3, -0.25) is 9.69 Å². The Balaban J connectivity index is 1.10. The van der Waals surface area contributed by atoms with Crippen LogP contribution in [0.1, 0.15) is 37.7 Å². The Morgan fingerprint density at radius 1 is 1.14 bits per heavy atom. The fraction of sp³-hybridized carbons (Fsp3) is 0.541. The molecule has 0 amide bonds. The molecule has 0 aliphatic carbocycles. The smallest absolute Gasteiger partial charge is 0.319 e. The van der Waals surface area contributed by atoms with E-state index in [1.165, 1.54) is 6.07 Å². The van der Waals surface area contributed by atoms with Gasteiger partial charge in [-0.15, -0.1) is 0 Å². The molecule has 0 radical (unpaired) electrons. The highest BCUT2D eigenvalue weighted by Gasteiger charge is 2.61. The number of benzene rings is 2. The Bertz CT molecular complexity index is 2190. The first-order valence-corrected chi connectivity index (χ1v) is 18.0. The lowest BCUT2D eigenvalue weighted by Gasteiger charge is -2.41. The number of anilines is 1. The van der Waals surface area contributed by atoms with Gasteiger partial charge in [-0.05, 0) is 54.7 Å². The van der Waals surface area contributed by atoms with E-state index >= 15 is 4.39 Å². The molecule has 0 saturated carbocycles. The van der Waals surface area contributed by atoms with Crippen LogP contribution in [0.4, 0.5) is 14.6 Å². The van der Waals surface area contributed by atoms with Gasteiger partial charge in [0.05, 0.1) is 30.9 Å². The largest absolute Gasteiger partial charge is 0.508 e. The highest BCUT2D eigenvalue weighted by atomic mass is 19.1. The number of aromatic nitrogens is 3. The number of rotatable bonds is 4. The number of pyridine rings is 1. The van der Waals surface area contributed by atoms with Gasteiger partial charge in [0.15, 0.2) is 11.6 Å². The van der Waals surface area contributed by atoms with Gasteiger partial charge < -0.3 is 34.1 Å². The molecule has 7 aliphatic heterocycles. The molecule has 9 heterocycles. The Labute approximate surface area is 286 Å². The third kappa shape index (κ3) is 4.08. The van der Waals surface area contributed by atoms with Crippen molar-refractivity contribution in [3.05, 3.63) is 46.0 Å². The molecular weight excluding hydrogens is 646 g/mol. The lowest BCUT2D eigenvalue weighted by Crippen LogP contribution is -2.58. The molecule has 260 valence electrons. The van der Waals surface area contributed by atoms with Gasteiger partial charge in [-0.1, -0.05) is 6.07 Å². The predicted octanol–water partition coefficient (Wildman–Crippen LogP) is 3.69. The maximum atomic E-state index is 17.4. The lowest BCUT2D eigenvalue weighted by atomic mass is 9.78. The van der Waals surface area contributed by atoms with Gasteiger partial charge in [-0.2, -0.15) is 9.97 Å². The second-order valence-electron chi connectivity index (χ2n) is 15.8. The SMILES string of the molecule is O=c1c(-c2cc(O)cc3ccc4c(c23)CCO4)c(F)c2nc(OC[C@]34C[C@@H](F)CN3CC3(COC3)C4)nc3c2n1CCC1C2CCC(CN31)N2. The molecule has 1 spiro atoms. The van der Waals surface area contributed by atoms with Crippen LogP contribution in [0.2, 0.25) is 0 Å². The maximum Gasteiger partial charge on any atom is 0.319 e. The molecule has 2 aromatic heterocycles. The number of ether oxygens (including phenoxy) is 3. The summed E-state index contributed by atoms with van der Waals surface area (Å²) < 4.78 is 51.9. The maximum absolute atomic E-state index is 17.4. The van der Waals surface area contributed by atoms with Crippen LogP contribution in [0.25, 0.3) is 32.9 Å². The fourth-order valence-electron chi connectivity index (χ4n) is 10.7. The van der Waals surface area contributed by atoms with Crippen LogP contribution in [-0.2, 0) is 17.7 Å². The van der Waals surface area contributed by atoms with Crippen LogP contribution < -0.4 is 25.2 Å². The van der Waals surface area contributed by atoms with E-state index in [-0.39, 0.29) is 53.0 Å². The number of aromatic hydroxyl groups is 1. The molecule has 13 heteroatoms. The van der Waals surface area contributed by atoms with E-state index in [0.717, 1.165) is 31.4 Å². The Morgan fingerprint density at radius 3 is 2.90 bits per heavy atom. The molecule has 2 N–H and O–H groups in total. The van der Waals surface area contributed by atoms with Gasteiger partial charge in [-0.25, -0.2) is 8.78 Å². The van der Waals surface area contributed by atoms with Crippen LogP contribution in [0.5, 0.6) is 17.5 Å². The molecule has 11 nitrogen and oxygen atoms in total. The van der Waals surface area contributed by atoms with Crippen LogP contribution in [0.15, 0.2) is 29.1 Å². The van der Waals surface area contributed by atoms with E-state index in [2.05, 4.69) is 15.1 Å². The molecule has 2 aromatic carbocycles. The summed E-state index contributed by atoms with van der Waals surface area (Å²) in [6.07, 6.45) is 3.51. The molecule has 3 unspecified atom stereocenters. The average molecular weight is 685 g/mol. The van der Waals surface area contributed by atoms with Crippen molar-refractivity contribution in [2.45, 2.75) is 74.9 Å². The molecule has 7 aliphatic rings. The van der Waals surface area contributed by atoms with Crippen molar-refractivity contribution in [2.24, 2.45) is 5.41 Å². The number of fused-ring (bicyclic) bond motifs is 9. The minimum absolute atomic E-state index is 0.00544. The summed E-state index contributed by atoms with van der Waals surface area (Å²) in [6, 6.07) is 7.35. The van der Waals surface area contributed by atoms with Crippen molar-refractivity contribution in [1.29, 1.82) is 0 Å². The van der Waals surface area contributed by atoms with E-state index in [0.29, 0.717) is 92.1 Å². The van der Waals surface area contributed by atoms with E-state index in [9.17, 15) is 14.3 Å². The zero-order valence-electron chi connectivity index (χ0n) is 27.6. The summed E-state index contributed by atoms with van der Waals surface area (Å²) in [4.78, 5) is 28.8. The second kappa shape index (κ2) is 10.3. The summed E-state index contributed by atoms with van der Waals surface area (Å²) in [5.74, 6) is 0.362. The topological polar surface area (TPSA) is 114 Å². The summed E-state index contributed by atoms with van der Waals surface area (Å²) in [5.41, 5.74) is 0.438. The van der Waals surface area contributed by atoms with E-state index in [1.54, 1.807) is 10.6 Å². The predicted molar refractivity (Wildman–Crippen MR) is 180 cm³/mol. The van der Waals surface area contributed by atoms with Gasteiger partial charge in [0, 0.05) is 73.7 Å². The normalized spacial score (nSPS) is 30.3. The van der Waals surface area contributed by atoms with Gasteiger partial charge in [0.1, 0.15) is 35.3 Å². The Kier molecular flexibility index (Phi) is 6.08. The minimum Gasteiger partial charge on any atom is -0.508 e. The van der Waals surface area contributed by atoms with Crippen LogP contribution >= 0.6 is 0 Å². The Morgan fingerprint density at radius 2 is 2.04 bits per heavy atom. The highest BCUT2D eigenvalue weighted by molar-refractivity contribution is 6.03. The number of nitrogens with zero attached hydrogens (tertiary/aromatic N) is 5. The van der Waals surface area contributed by atoms with E-state index in [1.807, 2.05) is 12.1 Å². The van der Waals surface area contributed by atoms with Gasteiger partial charge in [0.25, 0.3) is 5.56 Å². The van der Waals surface area contributed by atoms with Crippen molar-refractivity contribution in [3.63, 3.8) is 0 Å². The molecule has 11 rings (SSSR count). The third-order valence-electron chi connectivity index (χ3n) is 12.7. The zero-order valence-corrected chi connectivity index (χ0v) is 27.6. The molecule has 4 aromatic rings. The first kappa shape index (κ1) is 29.6. The van der Waals surface area contributed by atoms with Crippen molar-refractivity contribution in [2.75, 3.05) is 51.0 Å². The van der Waals surface area contributed by atoms with Crippen molar-refractivity contribution >= 4 is 27.6 Å². The quantitative estimate of drug-likeness (QED) is 0.330. The molecule has 5 fully saturated rings. The molecule has 5 saturated heterocycles. The monoisotopic (exact) mass is 684 g/mol. The third-order valence-corrected chi connectivity index (χ3v) is 12.7. The zero-order chi connectivity index (χ0) is 33.5. The van der Waals surface area contributed by atoms with Crippen molar-refractivity contribution < 1.29 is 28.1 Å². The van der Waals surface area contributed by atoms with Crippen molar-refractivity contribution in [1.82, 2.24) is 24.8 Å². The minimum atomic E-state index is -0.949. The summed E-state index contributed by atoms with van der Waals surface area (Å²) in [5, 5.41) is 16.0. The summed E-state index contributed by atoms with van der Waals surface area (Å²) in [6.45, 7) is 4.15. The van der Waals surface area contributed by atoms with Crippen LogP contribution in [0.3, 0.4) is 0 Å². The van der Waals surface area contributed by atoms with Crippen molar-refractivity contribution in [3.8, 4) is 28.6 Å². The van der Waals surface area contributed by atoms with E-state index < -0.39 is 23.1 Å². The van der Waals surface area contributed by atoms with Crippen LogP contribution in [-0.4, -0.2) is 100 Å². The van der Waals surface area contributed by atoms with E-state index in [4.69, 9.17) is 24.2 Å². The molecule has 2 bridgehead atoms. The number of nitrogens with one attached hydrogen (secondary N) is 1. The van der Waals surface area contributed by atoms with Gasteiger partial charge >= 0.3 is 6.01 Å². The van der Waals surface area contributed by atoms with Crippen LogP contribution in [0, 0.1) is 11.2 Å². The van der Waals surface area contributed by atoms with Gasteiger partial charge in [0.2, 0.25) is 0 Å². The number of alkyl halides is 1. The average Bonchev–Trinajstić information content (AvgIpc) is 3.83. The Hall–Kier alpha value is -4.07. The summed E-state index contributed by atoms with van der Waals surface area (Å²) >= 11 is 0. The number of hydrogen-bond acceptors (Lipinski definition) is 10. The number of halogens is 2. The lowest BCUT2D eigenvalue weighted by molar-refractivity contribution is -0.108. The first-order chi connectivity index (χ1) is 24.3. The highest BCUT2D eigenvalue weighted by Crippen LogP contribution is 2.52. The molecular formula is C37H38F2N6O5. The number of hydrogen-bond donors (Lipinski definition) is 2. The standard InChI is InChI=1S/C37H38F2N6O5/c38-20-11-37(14-36(16-48-17-36)15-43(37)12-20)18-50-35-41-31-30(39)29(24-10-22(46)9-19-1-4-27-23(28(19)24)6-8-49-27)34(47)44-7-5-26-25-3-2-21(40-25)13-45(26)33(42-35)32(31)44/h1,4,9-10,20-21,25-26,40,46H,2-3,5-8,11-18H2/t20-,21?,25?,26?,37-/m1/s1. The second-order valence-corrected chi connectivity index (χ2v) is 15.8. The number of piperazine rings is 1. The summed E-state index contributed by atoms with van der Waals surface area (Å²) in [7, 11) is 0. The first-order valence-electron chi connectivity index (χ1n) is 18.0. The number of phenols is 1. The molecule has 50 heavy (non-hydrogen) atoms. The number of aryl methyl sites for hydroxylation is 1. The molecule has 5 atom stereocenters. The fourth-order valence-corrected chi connectivity index (χ4v) is 10.7.